The van der Waals surface area contributed by atoms with Crippen molar-refractivity contribution in [1.29, 1.82) is 0 Å². The first-order valence-corrected chi connectivity index (χ1v) is 5.22. The lowest BCUT2D eigenvalue weighted by atomic mass is 9.89. The summed E-state index contributed by atoms with van der Waals surface area (Å²) in [5.74, 6) is -49.2. The fourth-order valence-electron chi connectivity index (χ4n) is 1.18. The van der Waals surface area contributed by atoms with Crippen LogP contribution in [0.1, 0.15) is 0 Å². The molecule has 0 bridgehead atoms. The van der Waals surface area contributed by atoms with Gasteiger partial charge in [0.05, 0.1) is 0 Å². The number of halogens is 16. The van der Waals surface area contributed by atoms with Gasteiger partial charge in [-0.1, -0.05) is 0 Å². The molecular formula is C8H2F16O2. The van der Waals surface area contributed by atoms with E-state index in [9.17, 15) is 70.2 Å². The summed E-state index contributed by atoms with van der Waals surface area (Å²) in [5, 5.41) is 15.4. The summed E-state index contributed by atoms with van der Waals surface area (Å²) in [6.07, 6.45) is -15.0. The fraction of sp³-hybridized carbons (Fsp3) is 1.00. The monoisotopic (exact) mass is 434 g/mol. The molecule has 0 amide bonds. The molecule has 0 spiro atoms. The molecule has 0 aliphatic rings. The van der Waals surface area contributed by atoms with E-state index in [2.05, 4.69) is 0 Å². The van der Waals surface area contributed by atoms with E-state index in [1.54, 1.807) is 0 Å². The van der Waals surface area contributed by atoms with E-state index in [4.69, 9.17) is 10.2 Å². The number of hydrogen-bond acceptors (Lipinski definition) is 2. The van der Waals surface area contributed by atoms with Crippen molar-refractivity contribution in [2.45, 2.75) is 47.8 Å². The summed E-state index contributed by atoms with van der Waals surface area (Å²) in [6, 6.07) is 0. The fourth-order valence-corrected chi connectivity index (χ4v) is 1.18. The molecule has 0 aliphatic heterocycles. The van der Waals surface area contributed by atoms with Gasteiger partial charge in [-0.3, -0.25) is 0 Å². The molecule has 1 atom stereocenters. The summed E-state index contributed by atoms with van der Waals surface area (Å²) in [6.45, 7) is 0. The Hall–Kier alpha value is -1.20. The average Bonchev–Trinajstić information content (AvgIpc) is 2.34. The van der Waals surface area contributed by atoms with Crippen molar-refractivity contribution in [1.82, 2.24) is 0 Å². The van der Waals surface area contributed by atoms with Crippen molar-refractivity contribution >= 4 is 0 Å². The summed E-state index contributed by atoms with van der Waals surface area (Å²) in [5.41, 5.74) is 0. The van der Waals surface area contributed by atoms with Gasteiger partial charge in [0.15, 0.2) is 0 Å². The second kappa shape index (κ2) is 5.65. The minimum absolute atomic E-state index is 7.23. The zero-order valence-corrected chi connectivity index (χ0v) is 10.9. The zero-order valence-electron chi connectivity index (χ0n) is 10.9. The highest BCUT2D eigenvalue weighted by Crippen LogP contribution is 2.62. The van der Waals surface area contributed by atoms with Crippen LogP contribution >= 0.6 is 0 Å². The van der Waals surface area contributed by atoms with Crippen LogP contribution in [-0.4, -0.2) is 58.0 Å². The highest BCUT2D eigenvalue weighted by molar-refractivity contribution is 5.13. The second-order valence-electron chi connectivity index (χ2n) is 4.53. The smallest absolute Gasteiger partial charge is 0.352 e. The van der Waals surface area contributed by atoms with Crippen LogP contribution in [0, 0.1) is 0 Å². The molecule has 0 aliphatic carbocycles. The first-order valence-electron chi connectivity index (χ1n) is 5.22. The van der Waals surface area contributed by atoms with Gasteiger partial charge in [0.2, 0.25) is 0 Å². The molecule has 1 unspecified atom stereocenters. The van der Waals surface area contributed by atoms with Gasteiger partial charge in [-0.15, -0.1) is 0 Å². The van der Waals surface area contributed by atoms with Crippen LogP contribution in [0.4, 0.5) is 70.2 Å². The Morgan fingerprint density at radius 2 is 0.615 bits per heavy atom. The van der Waals surface area contributed by atoms with E-state index in [1.165, 1.54) is 0 Å². The lowest BCUT2D eigenvalue weighted by molar-refractivity contribution is -0.487. The molecule has 26 heavy (non-hydrogen) atoms. The third-order valence-corrected chi connectivity index (χ3v) is 2.75. The minimum Gasteiger partial charge on any atom is -0.352 e. The molecule has 2 N–H and O–H groups in total. The lowest BCUT2D eigenvalue weighted by Crippen LogP contribution is -2.76. The van der Waals surface area contributed by atoms with Crippen molar-refractivity contribution in [2.24, 2.45) is 0 Å². The number of aliphatic hydroxyl groups is 2. The molecule has 158 valence electrons. The van der Waals surface area contributed by atoms with Gasteiger partial charge in [0.1, 0.15) is 0 Å². The molecule has 0 radical (unpaired) electrons. The Labute approximate surface area is 130 Å². The maximum absolute atomic E-state index is 13.0. The number of alkyl halides is 16. The summed E-state index contributed by atoms with van der Waals surface area (Å²) >= 11 is 0. The molecule has 0 heterocycles. The molecule has 0 saturated heterocycles. The van der Waals surface area contributed by atoms with Gasteiger partial charge in [0.25, 0.3) is 0 Å². The van der Waals surface area contributed by atoms with Crippen LogP contribution in [0.3, 0.4) is 0 Å². The normalized spacial score (nSPS) is 18.7. The molecular weight excluding hydrogens is 432 g/mol. The molecule has 0 fully saturated rings. The SMILES string of the molecule is OC(F)(F)C(F)(F)C(F)(F)C(O)(F)C(F)(F)C(F)(F)C(F)(F)C(F)(F)F. The Kier molecular flexibility index (Phi) is 5.39. The largest absolute Gasteiger partial charge is 0.460 e. The van der Waals surface area contributed by atoms with E-state index in [-0.39, 0.29) is 0 Å². The van der Waals surface area contributed by atoms with Crippen molar-refractivity contribution < 1.29 is 80.5 Å². The second-order valence-corrected chi connectivity index (χ2v) is 4.53. The predicted molar refractivity (Wildman–Crippen MR) is 44.0 cm³/mol. The van der Waals surface area contributed by atoms with E-state index in [1.807, 2.05) is 0 Å². The third kappa shape index (κ3) is 2.84. The topological polar surface area (TPSA) is 40.5 Å². The third-order valence-electron chi connectivity index (χ3n) is 2.75. The first kappa shape index (κ1) is 24.8. The van der Waals surface area contributed by atoms with Crippen LogP contribution in [0.2, 0.25) is 0 Å². The van der Waals surface area contributed by atoms with E-state index in [0.717, 1.165) is 0 Å². The van der Waals surface area contributed by atoms with Crippen molar-refractivity contribution in [3.8, 4) is 0 Å². The average molecular weight is 434 g/mol. The Balaban J connectivity index is 6.61. The summed E-state index contributed by atoms with van der Waals surface area (Å²) < 4.78 is 199. The van der Waals surface area contributed by atoms with Crippen molar-refractivity contribution in [3.63, 3.8) is 0 Å². The number of rotatable bonds is 6. The van der Waals surface area contributed by atoms with Gasteiger partial charge in [-0.05, 0) is 0 Å². The van der Waals surface area contributed by atoms with Crippen LogP contribution in [0.15, 0.2) is 0 Å². The van der Waals surface area contributed by atoms with Crippen molar-refractivity contribution in [3.05, 3.63) is 0 Å². The maximum atomic E-state index is 13.0. The Bertz CT molecular complexity index is 477. The van der Waals surface area contributed by atoms with E-state index >= 15 is 0 Å². The standard InChI is InChI=1S/C8H2F16O2/c9-1(10,4(15,16)7(20,21)22)2(11,12)6(19,25)3(13,14)5(17,18)8(23,24)26/h25-26H. The van der Waals surface area contributed by atoms with E-state index < -0.39 is 47.8 Å². The molecule has 2 nitrogen and oxygen atoms in total. The highest BCUT2D eigenvalue weighted by atomic mass is 19.4. The summed E-state index contributed by atoms with van der Waals surface area (Å²) in [4.78, 5) is 0. The molecule has 0 aromatic carbocycles. The van der Waals surface area contributed by atoms with Gasteiger partial charge in [-0.2, -0.15) is 70.2 Å². The minimum atomic E-state index is -8.45. The first-order chi connectivity index (χ1) is 10.8. The quantitative estimate of drug-likeness (QED) is 0.622. The van der Waals surface area contributed by atoms with Gasteiger partial charge in [0, 0.05) is 0 Å². The number of hydrogen-bond donors (Lipinski definition) is 2. The van der Waals surface area contributed by atoms with Crippen LogP contribution in [0.5, 0.6) is 0 Å². The highest BCUT2D eigenvalue weighted by Gasteiger charge is 2.94. The molecule has 0 rings (SSSR count). The lowest BCUT2D eigenvalue weighted by Gasteiger charge is -2.43. The molecule has 18 heteroatoms. The van der Waals surface area contributed by atoms with Crippen LogP contribution in [0.25, 0.3) is 0 Å². The predicted octanol–water partition coefficient (Wildman–Crippen LogP) is 3.97. The van der Waals surface area contributed by atoms with Crippen LogP contribution in [-0.2, 0) is 0 Å². The Morgan fingerprint density at radius 3 is 0.846 bits per heavy atom. The Morgan fingerprint density at radius 1 is 0.346 bits per heavy atom. The van der Waals surface area contributed by atoms with Gasteiger partial charge >= 0.3 is 47.8 Å². The van der Waals surface area contributed by atoms with Crippen molar-refractivity contribution in [2.75, 3.05) is 0 Å². The van der Waals surface area contributed by atoms with E-state index in [0.29, 0.717) is 0 Å². The molecule has 0 aromatic rings. The van der Waals surface area contributed by atoms with Crippen LogP contribution < -0.4 is 0 Å². The maximum Gasteiger partial charge on any atom is 0.460 e. The molecule has 0 aromatic heterocycles. The molecule has 0 saturated carbocycles. The summed E-state index contributed by atoms with van der Waals surface area (Å²) in [7, 11) is 0. The van der Waals surface area contributed by atoms with Gasteiger partial charge < -0.3 is 10.2 Å². The van der Waals surface area contributed by atoms with Gasteiger partial charge in [-0.25, -0.2) is 0 Å². The zero-order chi connectivity index (χ0) is 22.0.